The van der Waals surface area contributed by atoms with Gasteiger partial charge in [0.1, 0.15) is 5.82 Å². The third-order valence-corrected chi connectivity index (χ3v) is 3.19. The molecule has 0 aliphatic heterocycles. The molecule has 0 amide bonds. The Morgan fingerprint density at radius 1 is 0.810 bits per heavy atom. The van der Waals surface area contributed by atoms with Crippen LogP contribution in [0.15, 0.2) is 67.1 Å². The summed E-state index contributed by atoms with van der Waals surface area (Å²) in [6.45, 7) is 0. The highest BCUT2D eigenvalue weighted by molar-refractivity contribution is 5.60. The number of aromatic nitrogens is 2. The van der Waals surface area contributed by atoms with Crippen molar-refractivity contribution in [2.75, 3.05) is 11.1 Å². The first-order chi connectivity index (χ1) is 10.3. The van der Waals surface area contributed by atoms with E-state index in [-0.39, 0.29) is 0 Å². The largest absolute Gasteiger partial charge is 0.384 e. The van der Waals surface area contributed by atoms with Gasteiger partial charge in [-0.2, -0.15) is 0 Å². The molecule has 0 unspecified atom stereocenters. The van der Waals surface area contributed by atoms with Crippen molar-refractivity contribution in [3.63, 3.8) is 0 Å². The number of pyridine rings is 2. The summed E-state index contributed by atoms with van der Waals surface area (Å²) in [6.07, 6.45) is 6.27. The smallest absolute Gasteiger partial charge is 0.123 e. The van der Waals surface area contributed by atoms with Crippen LogP contribution in [0.5, 0.6) is 0 Å². The maximum absolute atomic E-state index is 5.57. The number of hydrogen-bond donors (Lipinski definition) is 2. The molecule has 0 saturated carbocycles. The minimum Gasteiger partial charge on any atom is -0.384 e. The van der Waals surface area contributed by atoms with Gasteiger partial charge in [-0.25, -0.2) is 4.98 Å². The number of benzene rings is 1. The average Bonchev–Trinajstić information content (AvgIpc) is 2.53. The van der Waals surface area contributed by atoms with Crippen LogP contribution in [-0.2, 0) is 6.42 Å². The van der Waals surface area contributed by atoms with Gasteiger partial charge in [0.05, 0.1) is 11.9 Å². The predicted molar refractivity (Wildman–Crippen MR) is 85.4 cm³/mol. The van der Waals surface area contributed by atoms with Gasteiger partial charge in [0.2, 0.25) is 0 Å². The van der Waals surface area contributed by atoms with Crippen molar-refractivity contribution >= 4 is 17.2 Å². The number of hydrogen-bond acceptors (Lipinski definition) is 4. The second-order valence-corrected chi connectivity index (χ2v) is 4.83. The maximum atomic E-state index is 5.57. The summed E-state index contributed by atoms with van der Waals surface area (Å²) in [5.74, 6) is 0.522. The first kappa shape index (κ1) is 13.1. The highest BCUT2D eigenvalue weighted by Gasteiger charge is 1.98. The third-order valence-electron chi connectivity index (χ3n) is 3.19. The molecule has 1 aromatic carbocycles. The van der Waals surface area contributed by atoms with Crippen molar-refractivity contribution in [1.29, 1.82) is 0 Å². The maximum Gasteiger partial charge on any atom is 0.123 e. The fraction of sp³-hybridized carbons (Fsp3) is 0.0588. The lowest BCUT2D eigenvalue weighted by Gasteiger charge is -2.07. The molecule has 0 bridgehead atoms. The minimum atomic E-state index is 0.522. The van der Waals surface area contributed by atoms with E-state index < -0.39 is 0 Å². The van der Waals surface area contributed by atoms with Crippen LogP contribution < -0.4 is 11.1 Å². The van der Waals surface area contributed by atoms with E-state index in [0.29, 0.717) is 5.82 Å². The second-order valence-electron chi connectivity index (χ2n) is 4.83. The zero-order valence-corrected chi connectivity index (χ0v) is 11.5. The minimum absolute atomic E-state index is 0.522. The third kappa shape index (κ3) is 3.57. The van der Waals surface area contributed by atoms with E-state index in [1.807, 2.05) is 30.6 Å². The normalized spacial score (nSPS) is 10.3. The van der Waals surface area contributed by atoms with Crippen LogP contribution in [-0.4, -0.2) is 9.97 Å². The Hall–Kier alpha value is -2.88. The first-order valence-electron chi connectivity index (χ1n) is 6.76. The van der Waals surface area contributed by atoms with E-state index in [1.54, 1.807) is 12.3 Å². The van der Waals surface area contributed by atoms with E-state index in [1.165, 1.54) is 11.1 Å². The summed E-state index contributed by atoms with van der Waals surface area (Å²) < 4.78 is 0. The topological polar surface area (TPSA) is 63.8 Å². The van der Waals surface area contributed by atoms with Crippen LogP contribution in [0.3, 0.4) is 0 Å². The van der Waals surface area contributed by atoms with Gasteiger partial charge in [0.25, 0.3) is 0 Å². The Morgan fingerprint density at radius 2 is 1.48 bits per heavy atom. The molecular formula is C17H16N4. The van der Waals surface area contributed by atoms with Crippen LogP contribution in [0.1, 0.15) is 11.1 Å². The zero-order chi connectivity index (χ0) is 14.5. The molecule has 0 spiro atoms. The summed E-state index contributed by atoms with van der Waals surface area (Å²) >= 11 is 0. The zero-order valence-electron chi connectivity index (χ0n) is 11.5. The summed E-state index contributed by atoms with van der Waals surface area (Å²) in [7, 11) is 0. The molecule has 3 rings (SSSR count). The highest BCUT2D eigenvalue weighted by atomic mass is 14.9. The number of anilines is 3. The van der Waals surface area contributed by atoms with Gasteiger partial charge in [-0.05, 0) is 53.9 Å². The van der Waals surface area contributed by atoms with Crippen molar-refractivity contribution < 1.29 is 0 Å². The molecule has 104 valence electrons. The van der Waals surface area contributed by atoms with Crippen molar-refractivity contribution in [1.82, 2.24) is 9.97 Å². The number of nitrogens with zero attached hydrogens (tertiary/aromatic N) is 2. The van der Waals surface area contributed by atoms with Gasteiger partial charge in [-0.1, -0.05) is 12.1 Å². The quantitative estimate of drug-likeness (QED) is 0.766. The first-order valence-corrected chi connectivity index (χ1v) is 6.76. The number of nitrogen functional groups attached to an aromatic ring is 1. The monoisotopic (exact) mass is 276 g/mol. The van der Waals surface area contributed by atoms with E-state index in [2.05, 4.69) is 39.6 Å². The van der Waals surface area contributed by atoms with Crippen LogP contribution >= 0.6 is 0 Å². The fourth-order valence-corrected chi connectivity index (χ4v) is 2.09. The van der Waals surface area contributed by atoms with E-state index in [0.717, 1.165) is 17.8 Å². The van der Waals surface area contributed by atoms with Crippen molar-refractivity contribution in [2.24, 2.45) is 0 Å². The molecule has 0 aliphatic carbocycles. The number of nitrogens with one attached hydrogen (secondary N) is 1. The van der Waals surface area contributed by atoms with Gasteiger partial charge in [-0.15, -0.1) is 0 Å². The Balaban J connectivity index is 1.68. The molecule has 0 saturated heterocycles. The Morgan fingerprint density at radius 3 is 2.14 bits per heavy atom. The van der Waals surface area contributed by atoms with E-state index in [9.17, 15) is 0 Å². The van der Waals surface area contributed by atoms with E-state index in [4.69, 9.17) is 5.73 Å². The lowest BCUT2D eigenvalue weighted by Crippen LogP contribution is -1.94. The highest BCUT2D eigenvalue weighted by Crippen LogP contribution is 2.18. The van der Waals surface area contributed by atoms with Gasteiger partial charge < -0.3 is 11.1 Å². The Labute approximate surface area is 123 Å². The van der Waals surface area contributed by atoms with Crippen LogP contribution in [0.4, 0.5) is 17.2 Å². The molecule has 0 radical (unpaired) electrons. The molecule has 4 heteroatoms. The Bertz CT molecular complexity index is 691. The van der Waals surface area contributed by atoms with Crippen LogP contribution in [0.2, 0.25) is 0 Å². The molecule has 3 aromatic rings. The molecule has 2 aromatic heterocycles. The SMILES string of the molecule is Nc1ccc(Nc2ccc(Cc3ccncc3)cc2)cn1. The molecule has 0 fully saturated rings. The molecule has 21 heavy (non-hydrogen) atoms. The molecule has 3 N–H and O–H groups in total. The van der Waals surface area contributed by atoms with Gasteiger partial charge in [0, 0.05) is 18.1 Å². The lowest BCUT2D eigenvalue weighted by molar-refractivity contribution is 1.16. The van der Waals surface area contributed by atoms with Crippen LogP contribution in [0.25, 0.3) is 0 Å². The standard InChI is InChI=1S/C17H16N4/c18-17-6-5-16(12-20-17)21-15-3-1-13(2-4-15)11-14-7-9-19-10-8-14/h1-10,12,21H,11H2,(H2,18,20). The van der Waals surface area contributed by atoms with E-state index >= 15 is 0 Å². The van der Waals surface area contributed by atoms with Gasteiger partial charge >= 0.3 is 0 Å². The Kier molecular flexibility index (Phi) is 3.78. The van der Waals surface area contributed by atoms with Gasteiger partial charge in [0.15, 0.2) is 0 Å². The average molecular weight is 276 g/mol. The second kappa shape index (κ2) is 6.05. The molecule has 0 atom stereocenters. The number of rotatable bonds is 4. The van der Waals surface area contributed by atoms with Gasteiger partial charge in [-0.3, -0.25) is 4.98 Å². The molecule has 2 heterocycles. The van der Waals surface area contributed by atoms with Crippen molar-refractivity contribution in [2.45, 2.75) is 6.42 Å². The summed E-state index contributed by atoms with van der Waals surface area (Å²) in [5.41, 5.74) is 10.0. The summed E-state index contributed by atoms with van der Waals surface area (Å²) in [6, 6.07) is 16.1. The van der Waals surface area contributed by atoms with Crippen LogP contribution in [0, 0.1) is 0 Å². The molecule has 4 nitrogen and oxygen atoms in total. The van der Waals surface area contributed by atoms with Crippen molar-refractivity contribution in [3.05, 3.63) is 78.2 Å². The fourth-order valence-electron chi connectivity index (χ4n) is 2.09. The molecular weight excluding hydrogens is 260 g/mol. The summed E-state index contributed by atoms with van der Waals surface area (Å²) in [5, 5.41) is 3.29. The predicted octanol–water partition coefficient (Wildman–Crippen LogP) is 3.39. The summed E-state index contributed by atoms with van der Waals surface area (Å²) in [4.78, 5) is 8.09. The lowest BCUT2D eigenvalue weighted by atomic mass is 10.1. The van der Waals surface area contributed by atoms with Crippen molar-refractivity contribution in [3.8, 4) is 0 Å². The molecule has 0 aliphatic rings. The number of nitrogens with two attached hydrogens (primary N) is 1.